The largest absolute Gasteiger partial charge is 0.493 e. The van der Waals surface area contributed by atoms with Crippen LogP contribution in [0.1, 0.15) is 27.8 Å². The number of carbonyl (C=O) groups is 2. The van der Waals surface area contributed by atoms with E-state index in [4.69, 9.17) is 25.3 Å². The van der Waals surface area contributed by atoms with Gasteiger partial charge in [-0.25, -0.2) is 9.48 Å². The number of halogens is 2. The predicted molar refractivity (Wildman–Crippen MR) is 115 cm³/mol. The number of esters is 1. The van der Waals surface area contributed by atoms with Gasteiger partial charge in [0.05, 0.1) is 19.4 Å². The third-order valence-electron chi connectivity index (χ3n) is 4.06. The molecule has 31 heavy (non-hydrogen) atoms. The molecule has 0 aliphatic carbocycles. The normalized spacial score (nSPS) is 10.5. The SMILES string of the molecule is CCOC(=O)c1cn(-c2ccc(Cl)cc2)nc1C(=O)Nc1ccc(OSF)c(OC)c1. The van der Waals surface area contributed by atoms with Crippen molar-refractivity contribution in [1.82, 2.24) is 9.78 Å². The van der Waals surface area contributed by atoms with Crippen LogP contribution in [0.25, 0.3) is 5.69 Å². The number of hydrogen-bond donors (Lipinski definition) is 1. The molecule has 0 spiro atoms. The van der Waals surface area contributed by atoms with Crippen molar-refractivity contribution in [2.24, 2.45) is 0 Å². The van der Waals surface area contributed by atoms with Gasteiger partial charge in [0, 0.05) is 23.0 Å². The monoisotopic (exact) mass is 465 g/mol. The van der Waals surface area contributed by atoms with Gasteiger partial charge in [-0.15, -0.1) is 3.89 Å². The van der Waals surface area contributed by atoms with Crippen molar-refractivity contribution in [3.63, 3.8) is 0 Å². The van der Waals surface area contributed by atoms with E-state index < -0.39 is 11.9 Å². The maximum absolute atomic E-state index is 12.9. The highest BCUT2D eigenvalue weighted by Gasteiger charge is 2.24. The van der Waals surface area contributed by atoms with Crippen LogP contribution in [0.2, 0.25) is 5.02 Å². The molecule has 0 unspecified atom stereocenters. The second-order valence-corrected chi connectivity index (χ2v) is 6.73. The number of benzene rings is 2. The van der Waals surface area contributed by atoms with E-state index in [1.165, 1.54) is 36.2 Å². The minimum atomic E-state index is -0.686. The quantitative estimate of drug-likeness (QED) is 0.374. The Morgan fingerprint density at radius 1 is 1.19 bits per heavy atom. The van der Waals surface area contributed by atoms with E-state index in [1.807, 2.05) is 0 Å². The molecule has 2 aromatic carbocycles. The summed E-state index contributed by atoms with van der Waals surface area (Å²) in [5.74, 6) is -0.979. The lowest BCUT2D eigenvalue weighted by atomic mass is 10.2. The highest BCUT2D eigenvalue weighted by atomic mass is 35.5. The Bertz CT molecular complexity index is 1090. The molecule has 8 nitrogen and oxygen atoms in total. The van der Waals surface area contributed by atoms with Gasteiger partial charge in [0.1, 0.15) is 5.56 Å². The second-order valence-electron chi connectivity index (χ2n) is 6.00. The number of aromatic nitrogens is 2. The van der Waals surface area contributed by atoms with E-state index in [2.05, 4.69) is 10.4 Å². The Balaban J connectivity index is 1.93. The van der Waals surface area contributed by atoms with Gasteiger partial charge in [0.25, 0.3) is 18.3 Å². The van der Waals surface area contributed by atoms with E-state index in [9.17, 15) is 13.5 Å². The van der Waals surface area contributed by atoms with Crippen molar-refractivity contribution in [3.8, 4) is 17.2 Å². The highest BCUT2D eigenvalue weighted by Crippen LogP contribution is 2.33. The third kappa shape index (κ3) is 5.28. The summed E-state index contributed by atoms with van der Waals surface area (Å²) in [5.41, 5.74) is 0.789. The molecule has 0 saturated heterocycles. The van der Waals surface area contributed by atoms with Crippen LogP contribution in [0.5, 0.6) is 11.5 Å². The number of nitrogens with zero attached hydrogens (tertiary/aromatic N) is 2. The first-order valence-electron chi connectivity index (χ1n) is 8.94. The fourth-order valence-electron chi connectivity index (χ4n) is 2.66. The molecule has 0 aliphatic heterocycles. The molecule has 0 fully saturated rings. The van der Waals surface area contributed by atoms with Crippen molar-refractivity contribution in [1.29, 1.82) is 0 Å². The summed E-state index contributed by atoms with van der Waals surface area (Å²) in [4.78, 5) is 25.3. The van der Waals surface area contributed by atoms with Crippen LogP contribution in [-0.2, 0) is 4.74 Å². The lowest BCUT2D eigenvalue weighted by Crippen LogP contribution is -2.17. The molecule has 3 rings (SSSR count). The van der Waals surface area contributed by atoms with Gasteiger partial charge < -0.3 is 19.0 Å². The fourth-order valence-corrected chi connectivity index (χ4v) is 3.00. The number of nitrogens with one attached hydrogen (secondary N) is 1. The smallest absolute Gasteiger partial charge is 0.342 e. The van der Waals surface area contributed by atoms with Gasteiger partial charge in [0.15, 0.2) is 17.2 Å². The number of amides is 1. The van der Waals surface area contributed by atoms with Gasteiger partial charge in [0.2, 0.25) is 0 Å². The lowest BCUT2D eigenvalue weighted by molar-refractivity contribution is 0.0523. The van der Waals surface area contributed by atoms with Crippen LogP contribution >= 0.6 is 24.0 Å². The number of carbonyl (C=O) groups excluding carboxylic acids is 2. The summed E-state index contributed by atoms with van der Waals surface area (Å²) in [6.45, 7) is 1.80. The molecule has 1 aromatic heterocycles. The average molecular weight is 466 g/mol. The topological polar surface area (TPSA) is 91.7 Å². The maximum Gasteiger partial charge on any atom is 0.342 e. The molecule has 1 heterocycles. The van der Waals surface area contributed by atoms with Gasteiger partial charge >= 0.3 is 5.97 Å². The van der Waals surface area contributed by atoms with E-state index in [1.54, 1.807) is 31.2 Å². The van der Waals surface area contributed by atoms with E-state index in [-0.39, 0.29) is 41.8 Å². The van der Waals surface area contributed by atoms with Crippen LogP contribution in [0.4, 0.5) is 9.57 Å². The summed E-state index contributed by atoms with van der Waals surface area (Å²) >= 11 is 5.59. The molecule has 162 valence electrons. The van der Waals surface area contributed by atoms with Crippen molar-refractivity contribution in [3.05, 3.63) is 64.9 Å². The van der Waals surface area contributed by atoms with Crippen LogP contribution in [0.15, 0.2) is 48.7 Å². The standard InChI is InChI=1S/C20H17ClFN3O5S/c1-3-29-20(27)15-11-25(14-7-4-12(21)5-8-14)24-18(15)19(26)23-13-6-9-16(30-31-22)17(10-13)28-2/h4-11H,3H2,1-2H3,(H,23,26). The summed E-state index contributed by atoms with van der Waals surface area (Å²) in [5, 5.41) is 7.42. The minimum absolute atomic E-state index is 0.00459. The number of ether oxygens (including phenoxy) is 2. The van der Waals surface area contributed by atoms with Crippen molar-refractivity contribution in [2.45, 2.75) is 6.92 Å². The maximum atomic E-state index is 12.9. The van der Waals surface area contributed by atoms with E-state index in [0.717, 1.165) is 0 Å². The first-order chi connectivity index (χ1) is 15.0. The zero-order chi connectivity index (χ0) is 22.4. The Labute approximate surface area is 186 Å². The fraction of sp³-hybridized carbons (Fsp3) is 0.150. The second kappa shape index (κ2) is 10.2. The first-order valence-corrected chi connectivity index (χ1v) is 9.96. The Morgan fingerprint density at radius 3 is 2.58 bits per heavy atom. The van der Waals surface area contributed by atoms with Crippen LogP contribution in [-0.4, -0.2) is 35.4 Å². The zero-order valence-electron chi connectivity index (χ0n) is 16.4. The van der Waals surface area contributed by atoms with Gasteiger partial charge in [-0.3, -0.25) is 4.79 Å². The molecule has 0 atom stereocenters. The molecule has 3 aromatic rings. The van der Waals surface area contributed by atoms with Gasteiger partial charge in [-0.2, -0.15) is 5.10 Å². The van der Waals surface area contributed by atoms with Crippen LogP contribution in [0.3, 0.4) is 0 Å². The molecular weight excluding hydrogens is 449 g/mol. The first kappa shape index (κ1) is 22.4. The van der Waals surface area contributed by atoms with Crippen LogP contribution in [0, 0.1) is 0 Å². The molecule has 0 radical (unpaired) electrons. The lowest BCUT2D eigenvalue weighted by Gasteiger charge is -2.10. The average Bonchev–Trinajstić information content (AvgIpc) is 3.21. The predicted octanol–water partition coefficient (Wildman–Crippen LogP) is 4.87. The number of rotatable bonds is 8. The Hall–Kier alpha value is -3.24. The number of methoxy groups -OCH3 is 1. The molecule has 0 aliphatic rings. The Morgan fingerprint density at radius 2 is 1.94 bits per heavy atom. The minimum Gasteiger partial charge on any atom is -0.493 e. The number of anilines is 1. The van der Waals surface area contributed by atoms with Crippen molar-refractivity contribution >= 4 is 41.6 Å². The summed E-state index contributed by atoms with van der Waals surface area (Å²) < 4.78 is 28.7. The molecule has 1 N–H and O–H groups in total. The third-order valence-corrected chi connectivity index (χ3v) is 4.55. The van der Waals surface area contributed by atoms with Gasteiger partial charge in [-0.05, 0) is 43.3 Å². The molecule has 11 heteroatoms. The summed E-state index contributed by atoms with van der Waals surface area (Å²) in [6.07, 6.45) is 1.41. The van der Waals surface area contributed by atoms with E-state index >= 15 is 0 Å². The molecule has 1 amide bonds. The summed E-state index contributed by atoms with van der Waals surface area (Å²) in [7, 11) is 1.38. The van der Waals surface area contributed by atoms with Crippen molar-refractivity contribution < 1.29 is 27.1 Å². The van der Waals surface area contributed by atoms with Gasteiger partial charge in [-0.1, -0.05) is 11.6 Å². The number of hydrogen-bond acceptors (Lipinski definition) is 7. The van der Waals surface area contributed by atoms with E-state index in [0.29, 0.717) is 16.4 Å². The Kier molecular flexibility index (Phi) is 7.37. The van der Waals surface area contributed by atoms with Crippen molar-refractivity contribution in [2.75, 3.05) is 19.0 Å². The van der Waals surface area contributed by atoms with Crippen LogP contribution < -0.4 is 14.2 Å². The summed E-state index contributed by atoms with van der Waals surface area (Å²) in [6, 6.07) is 11.1. The molecular formula is C20H17ClFN3O5S. The molecule has 0 bridgehead atoms. The highest BCUT2D eigenvalue weighted by molar-refractivity contribution is 7.89. The molecule has 0 saturated carbocycles. The zero-order valence-corrected chi connectivity index (χ0v) is 18.0.